The van der Waals surface area contributed by atoms with Crippen LogP contribution in [0, 0.1) is 0 Å². The van der Waals surface area contributed by atoms with E-state index in [9.17, 15) is 5.11 Å². The van der Waals surface area contributed by atoms with E-state index in [-0.39, 0.29) is 6.10 Å². The Balaban J connectivity index is 1.79. The average Bonchev–Trinajstić information content (AvgIpc) is 2.85. The lowest BCUT2D eigenvalue weighted by molar-refractivity contribution is 0.198. The number of piperazine rings is 1. The van der Waals surface area contributed by atoms with Gasteiger partial charge in [-0.15, -0.1) is 0 Å². The maximum Gasteiger partial charge on any atom is 0.133 e. The van der Waals surface area contributed by atoms with E-state index in [1.165, 1.54) is 0 Å². The molecule has 3 heterocycles. The van der Waals surface area contributed by atoms with Crippen molar-refractivity contribution in [3.8, 4) is 0 Å². The molecule has 1 aromatic heterocycles. The van der Waals surface area contributed by atoms with E-state index in [1.54, 1.807) is 0 Å². The van der Waals surface area contributed by atoms with Crippen molar-refractivity contribution in [2.24, 2.45) is 0 Å². The number of aliphatic hydroxyl groups is 1. The molecular formula is C14H21ClN4O. The molecule has 6 heteroatoms. The van der Waals surface area contributed by atoms with Crippen LogP contribution in [0.25, 0.3) is 0 Å². The molecule has 2 fully saturated rings. The third-order valence-corrected chi connectivity index (χ3v) is 4.31. The second-order valence-electron chi connectivity index (χ2n) is 5.69. The molecule has 110 valence electrons. The van der Waals surface area contributed by atoms with Crippen LogP contribution in [0.5, 0.6) is 0 Å². The molecule has 1 atom stereocenters. The number of pyridine rings is 1. The first-order valence-electron chi connectivity index (χ1n) is 7.16. The normalized spacial score (nSPS) is 24.4. The molecule has 1 N–H and O–H groups in total. The number of aliphatic hydroxyl groups excluding tert-OH is 1. The summed E-state index contributed by atoms with van der Waals surface area (Å²) in [7, 11) is 2.15. The van der Waals surface area contributed by atoms with Gasteiger partial charge in [-0.1, -0.05) is 11.6 Å². The van der Waals surface area contributed by atoms with E-state index in [0.717, 1.165) is 50.6 Å². The van der Waals surface area contributed by atoms with Gasteiger partial charge in [0.1, 0.15) is 11.0 Å². The minimum absolute atomic E-state index is 0.247. The summed E-state index contributed by atoms with van der Waals surface area (Å²) < 4.78 is 0. The lowest BCUT2D eigenvalue weighted by atomic mass is 10.2. The first kappa shape index (κ1) is 13.9. The molecule has 0 aromatic carbocycles. The van der Waals surface area contributed by atoms with Gasteiger partial charge in [-0.2, -0.15) is 0 Å². The van der Waals surface area contributed by atoms with Gasteiger partial charge < -0.3 is 19.8 Å². The fourth-order valence-corrected chi connectivity index (χ4v) is 3.03. The summed E-state index contributed by atoms with van der Waals surface area (Å²) in [5.41, 5.74) is 1.13. The van der Waals surface area contributed by atoms with Crippen molar-refractivity contribution in [3.63, 3.8) is 0 Å². The van der Waals surface area contributed by atoms with Gasteiger partial charge in [0.2, 0.25) is 0 Å². The summed E-state index contributed by atoms with van der Waals surface area (Å²) in [6.45, 7) is 5.65. The Bertz CT molecular complexity index is 476. The standard InChI is InChI=1S/C14H21ClN4O/c1-17-4-6-18(7-5-17)11-8-13(15)16-14(9-11)19-3-2-12(20)10-19/h8-9,12,20H,2-7,10H2,1H3. The highest BCUT2D eigenvalue weighted by Gasteiger charge is 2.23. The molecule has 0 aliphatic carbocycles. The van der Waals surface area contributed by atoms with Gasteiger partial charge in [-0.05, 0) is 19.5 Å². The summed E-state index contributed by atoms with van der Waals surface area (Å²) in [5.74, 6) is 0.878. The van der Waals surface area contributed by atoms with Gasteiger partial charge in [0, 0.05) is 51.0 Å². The van der Waals surface area contributed by atoms with Crippen LogP contribution in [0.4, 0.5) is 11.5 Å². The summed E-state index contributed by atoms with van der Waals surface area (Å²) in [6.07, 6.45) is 0.556. The quantitative estimate of drug-likeness (QED) is 0.827. The van der Waals surface area contributed by atoms with Crippen LogP contribution >= 0.6 is 11.6 Å². The Morgan fingerprint density at radius 3 is 2.55 bits per heavy atom. The highest BCUT2D eigenvalue weighted by atomic mass is 35.5. The van der Waals surface area contributed by atoms with Crippen molar-refractivity contribution in [1.29, 1.82) is 0 Å². The first-order valence-corrected chi connectivity index (χ1v) is 7.54. The molecular weight excluding hydrogens is 276 g/mol. The Hall–Kier alpha value is -1.04. The molecule has 2 saturated heterocycles. The second-order valence-corrected chi connectivity index (χ2v) is 6.07. The number of halogens is 1. The Morgan fingerprint density at radius 2 is 1.90 bits per heavy atom. The number of aromatic nitrogens is 1. The van der Waals surface area contributed by atoms with E-state index in [4.69, 9.17) is 11.6 Å². The Kier molecular flexibility index (Phi) is 4.01. The van der Waals surface area contributed by atoms with Gasteiger partial charge >= 0.3 is 0 Å². The van der Waals surface area contributed by atoms with Gasteiger partial charge in [0.05, 0.1) is 6.10 Å². The third-order valence-electron chi connectivity index (χ3n) is 4.12. The molecule has 0 radical (unpaired) electrons. The fraction of sp³-hybridized carbons (Fsp3) is 0.643. The summed E-state index contributed by atoms with van der Waals surface area (Å²) in [6, 6.07) is 4.03. The van der Waals surface area contributed by atoms with Crippen LogP contribution in [-0.2, 0) is 0 Å². The second kappa shape index (κ2) is 5.76. The van der Waals surface area contributed by atoms with Crippen molar-refractivity contribution in [1.82, 2.24) is 9.88 Å². The molecule has 2 aliphatic rings. The fourth-order valence-electron chi connectivity index (χ4n) is 2.83. The van der Waals surface area contributed by atoms with Crippen molar-refractivity contribution < 1.29 is 5.11 Å². The molecule has 1 aromatic rings. The van der Waals surface area contributed by atoms with E-state index in [0.29, 0.717) is 11.7 Å². The summed E-state index contributed by atoms with van der Waals surface area (Å²) in [4.78, 5) is 11.2. The largest absolute Gasteiger partial charge is 0.391 e. The predicted molar refractivity (Wildman–Crippen MR) is 81.8 cm³/mol. The highest BCUT2D eigenvalue weighted by Crippen LogP contribution is 2.27. The smallest absolute Gasteiger partial charge is 0.133 e. The molecule has 0 amide bonds. The molecule has 2 aliphatic heterocycles. The number of β-amino-alcohol motifs (C(OH)–C–C–N with tert-alkyl or cyclic N) is 1. The van der Waals surface area contributed by atoms with Crippen molar-refractivity contribution in [2.75, 3.05) is 56.1 Å². The molecule has 5 nitrogen and oxygen atoms in total. The number of rotatable bonds is 2. The SMILES string of the molecule is CN1CCN(c2cc(Cl)nc(N3CCC(O)C3)c2)CC1. The molecule has 20 heavy (non-hydrogen) atoms. The minimum Gasteiger partial charge on any atom is -0.391 e. The van der Waals surface area contributed by atoms with Crippen LogP contribution in [0.3, 0.4) is 0 Å². The third kappa shape index (κ3) is 3.00. The maximum atomic E-state index is 9.66. The van der Waals surface area contributed by atoms with Crippen LogP contribution in [0.1, 0.15) is 6.42 Å². The zero-order valence-corrected chi connectivity index (χ0v) is 12.6. The lowest BCUT2D eigenvalue weighted by Crippen LogP contribution is -2.44. The molecule has 1 unspecified atom stereocenters. The van der Waals surface area contributed by atoms with Crippen molar-refractivity contribution in [2.45, 2.75) is 12.5 Å². The van der Waals surface area contributed by atoms with Gasteiger partial charge in [0.15, 0.2) is 0 Å². The van der Waals surface area contributed by atoms with E-state index in [2.05, 4.69) is 32.8 Å². The monoisotopic (exact) mass is 296 g/mol. The van der Waals surface area contributed by atoms with Crippen molar-refractivity contribution >= 4 is 23.1 Å². The first-order chi connectivity index (χ1) is 9.61. The minimum atomic E-state index is -0.247. The zero-order chi connectivity index (χ0) is 14.1. The Morgan fingerprint density at radius 1 is 1.15 bits per heavy atom. The molecule has 0 spiro atoms. The van der Waals surface area contributed by atoms with Gasteiger partial charge in [-0.25, -0.2) is 4.98 Å². The number of hydrogen-bond donors (Lipinski definition) is 1. The van der Waals surface area contributed by atoms with Crippen molar-refractivity contribution in [3.05, 3.63) is 17.3 Å². The van der Waals surface area contributed by atoms with Crippen LogP contribution in [0.15, 0.2) is 12.1 Å². The lowest BCUT2D eigenvalue weighted by Gasteiger charge is -2.34. The summed E-state index contributed by atoms with van der Waals surface area (Å²) in [5, 5.41) is 10.2. The topological polar surface area (TPSA) is 42.8 Å². The molecule has 3 rings (SSSR count). The molecule has 0 bridgehead atoms. The number of nitrogens with zero attached hydrogens (tertiary/aromatic N) is 4. The van der Waals surface area contributed by atoms with Crippen LogP contribution in [0.2, 0.25) is 5.15 Å². The Labute approximate surface area is 124 Å². The molecule has 0 saturated carbocycles. The summed E-state index contributed by atoms with van der Waals surface area (Å²) >= 11 is 6.18. The number of hydrogen-bond acceptors (Lipinski definition) is 5. The van der Waals surface area contributed by atoms with Gasteiger partial charge in [-0.3, -0.25) is 0 Å². The average molecular weight is 297 g/mol. The zero-order valence-electron chi connectivity index (χ0n) is 11.8. The predicted octanol–water partition coefficient (Wildman–Crippen LogP) is 1.06. The van der Waals surface area contributed by atoms with Crippen LogP contribution in [-0.4, -0.2) is 67.4 Å². The van der Waals surface area contributed by atoms with Gasteiger partial charge in [0.25, 0.3) is 0 Å². The number of likely N-dealkylation sites (N-methyl/N-ethyl adjacent to an activating group) is 1. The number of anilines is 2. The highest BCUT2D eigenvalue weighted by molar-refractivity contribution is 6.29. The van der Waals surface area contributed by atoms with E-state index >= 15 is 0 Å². The van der Waals surface area contributed by atoms with E-state index in [1.807, 2.05) is 6.07 Å². The van der Waals surface area contributed by atoms with E-state index < -0.39 is 0 Å². The maximum absolute atomic E-state index is 9.66. The van der Waals surface area contributed by atoms with Crippen LogP contribution < -0.4 is 9.80 Å².